The Kier molecular flexibility index (Phi) is 1.39. The van der Waals surface area contributed by atoms with Gasteiger partial charge < -0.3 is 10.4 Å². The predicted octanol–water partition coefficient (Wildman–Crippen LogP) is 0.128. The minimum Gasteiger partial charge on any atom is -0.371 e. The van der Waals surface area contributed by atoms with E-state index >= 15 is 0 Å². The van der Waals surface area contributed by atoms with Gasteiger partial charge >= 0.3 is 6.03 Å². The number of aliphatic hydroxyl groups excluding tert-OH is 1. The third-order valence-electron chi connectivity index (χ3n) is 2.96. The van der Waals surface area contributed by atoms with Crippen LogP contribution in [0.4, 0.5) is 4.79 Å². The smallest absolute Gasteiger partial charge is 0.319 e. The van der Waals surface area contributed by atoms with Crippen LogP contribution in [0.3, 0.4) is 0 Å². The third-order valence-corrected chi connectivity index (χ3v) is 2.96. The van der Waals surface area contributed by atoms with Crippen LogP contribution in [-0.4, -0.2) is 34.9 Å². The zero-order valence-corrected chi connectivity index (χ0v) is 7.37. The number of hydrogen-bond donors (Lipinski definition) is 2. The summed E-state index contributed by atoms with van der Waals surface area (Å²) in [5.74, 6) is 0.617. The fourth-order valence-corrected chi connectivity index (χ4v) is 2.34. The number of amides is 2. The Morgan fingerprint density at radius 2 is 2.25 bits per heavy atom. The topological polar surface area (TPSA) is 52.6 Å². The first-order valence-corrected chi connectivity index (χ1v) is 4.28. The van der Waals surface area contributed by atoms with Gasteiger partial charge in [0.2, 0.25) is 0 Å². The fourth-order valence-electron chi connectivity index (χ4n) is 2.34. The molecule has 2 fully saturated rings. The number of nitrogens with zero attached hydrogens (tertiary/aromatic N) is 1. The number of hydrogen-bond acceptors (Lipinski definition) is 2. The molecule has 2 aliphatic rings. The lowest BCUT2D eigenvalue weighted by molar-refractivity contribution is -0.0415. The van der Waals surface area contributed by atoms with Crippen molar-refractivity contribution in [3.63, 3.8) is 0 Å². The van der Waals surface area contributed by atoms with Crippen LogP contribution in [0.1, 0.15) is 19.8 Å². The van der Waals surface area contributed by atoms with Gasteiger partial charge in [-0.3, -0.25) is 4.90 Å². The summed E-state index contributed by atoms with van der Waals surface area (Å²) in [4.78, 5) is 12.5. The van der Waals surface area contributed by atoms with Gasteiger partial charge in [-0.15, -0.1) is 0 Å². The van der Waals surface area contributed by atoms with E-state index in [0.29, 0.717) is 5.92 Å². The molecular weight excluding hydrogens is 156 g/mol. The highest BCUT2D eigenvalue weighted by Gasteiger charge is 2.55. The maximum atomic E-state index is 11.2. The molecule has 2 N–H and O–H groups in total. The van der Waals surface area contributed by atoms with Gasteiger partial charge in [0.25, 0.3) is 0 Å². The molecule has 4 heteroatoms. The summed E-state index contributed by atoms with van der Waals surface area (Å²) in [5, 5.41) is 12.5. The summed E-state index contributed by atoms with van der Waals surface area (Å²) >= 11 is 0. The lowest BCUT2D eigenvalue weighted by atomic mass is 9.68. The molecule has 1 atom stereocenters. The summed E-state index contributed by atoms with van der Waals surface area (Å²) in [7, 11) is 1.62. The molecule has 0 aromatic carbocycles. The largest absolute Gasteiger partial charge is 0.371 e. The van der Waals surface area contributed by atoms with Crippen molar-refractivity contribution in [1.29, 1.82) is 0 Å². The molecule has 0 aromatic heterocycles. The van der Waals surface area contributed by atoms with E-state index in [1.165, 1.54) is 4.90 Å². The van der Waals surface area contributed by atoms with Gasteiger partial charge in [0, 0.05) is 7.05 Å². The molecule has 12 heavy (non-hydrogen) atoms. The zero-order valence-electron chi connectivity index (χ0n) is 7.37. The first-order valence-electron chi connectivity index (χ1n) is 4.28. The molecule has 2 amide bonds. The van der Waals surface area contributed by atoms with Gasteiger partial charge in [-0.05, 0) is 18.8 Å². The Morgan fingerprint density at radius 1 is 1.67 bits per heavy atom. The number of carbonyl (C=O) groups excluding carboxylic acids is 1. The minimum atomic E-state index is -0.638. The van der Waals surface area contributed by atoms with E-state index in [2.05, 4.69) is 12.2 Å². The maximum absolute atomic E-state index is 11.2. The number of carbonyl (C=O) groups is 1. The Labute approximate surface area is 71.5 Å². The van der Waals surface area contributed by atoms with E-state index in [4.69, 9.17) is 0 Å². The molecule has 68 valence electrons. The van der Waals surface area contributed by atoms with Gasteiger partial charge in [0.1, 0.15) is 0 Å². The molecule has 1 aliphatic carbocycles. The molecule has 2 rings (SSSR count). The summed E-state index contributed by atoms with van der Waals surface area (Å²) in [6, 6.07) is -0.158. The molecule has 0 radical (unpaired) electrons. The maximum Gasteiger partial charge on any atom is 0.319 e. The number of likely N-dealkylation sites (N-methyl/N-ethyl adjacent to an activating group) is 1. The lowest BCUT2D eigenvalue weighted by Crippen LogP contribution is -2.58. The van der Waals surface area contributed by atoms with Gasteiger partial charge in [-0.2, -0.15) is 0 Å². The third kappa shape index (κ3) is 0.784. The zero-order chi connectivity index (χ0) is 8.93. The Morgan fingerprint density at radius 3 is 2.58 bits per heavy atom. The average molecular weight is 170 g/mol. The van der Waals surface area contributed by atoms with Crippen LogP contribution in [0.25, 0.3) is 0 Å². The van der Waals surface area contributed by atoms with Gasteiger partial charge in [0.05, 0.1) is 5.54 Å². The Hall–Kier alpha value is -0.770. The van der Waals surface area contributed by atoms with Crippen LogP contribution in [0.5, 0.6) is 0 Å². The highest BCUT2D eigenvalue weighted by atomic mass is 16.3. The number of nitrogens with one attached hydrogen (secondary N) is 1. The van der Waals surface area contributed by atoms with Crippen molar-refractivity contribution < 1.29 is 9.90 Å². The van der Waals surface area contributed by atoms with Crippen LogP contribution in [0.15, 0.2) is 0 Å². The second-order valence-corrected chi connectivity index (χ2v) is 4.08. The quantitative estimate of drug-likeness (QED) is 0.543. The SMILES string of the molecule is CC1CC2(C1)NC(=O)N(C)C2O. The van der Waals surface area contributed by atoms with E-state index in [1.54, 1.807) is 7.05 Å². The van der Waals surface area contributed by atoms with Crippen molar-refractivity contribution >= 4 is 6.03 Å². The number of urea groups is 1. The molecule has 1 unspecified atom stereocenters. The molecule has 1 spiro atoms. The summed E-state index contributed by atoms with van der Waals surface area (Å²) in [6.07, 6.45) is 1.15. The molecule has 1 saturated heterocycles. The normalized spacial score (nSPS) is 46.2. The van der Waals surface area contributed by atoms with Crippen LogP contribution in [-0.2, 0) is 0 Å². The van der Waals surface area contributed by atoms with E-state index in [-0.39, 0.29) is 11.6 Å². The summed E-state index contributed by atoms with van der Waals surface area (Å²) in [6.45, 7) is 2.13. The Bertz CT molecular complexity index is 223. The van der Waals surface area contributed by atoms with E-state index < -0.39 is 6.23 Å². The van der Waals surface area contributed by atoms with Gasteiger partial charge in [-0.1, -0.05) is 6.92 Å². The highest BCUT2D eigenvalue weighted by Crippen LogP contribution is 2.43. The van der Waals surface area contributed by atoms with Crippen LogP contribution >= 0.6 is 0 Å². The molecular formula is C8H14N2O2. The van der Waals surface area contributed by atoms with Crippen molar-refractivity contribution in [2.24, 2.45) is 5.92 Å². The van der Waals surface area contributed by atoms with Gasteiger partial charge in [-0.25, -0.2) is 4.79 Å². The average Bonchev–Trinajstić information content (AvgIpc) is 2.15. The molecule has 1 aliphatic heterocycles. The molecule has 1 heterocycles. The molecule has 0 bridgehead atoms. The van der Waals surface area contributed by atoms with Crippen LogP contribution in [0, 0.1) is 5.92 Å². The second kappa shape index (κ2) is 2.13. The van der Waals surface area contributed by atoms with Crippen molar-refractivity contribution in [1.82, 2.24) is 10.2 Å². The molecule has 0 aromatic rings. The van der Waals surface area contributed by atoms with Gasteiger partial charge in [0.15, 0.2) is 6.23 Å². The van der Waals surface area contributed by atoms with Crippen LogP contribution < -0.4 is 5.32 Å². The molecule has 4 nitrogen and oxygen atoms in total. The first-order chi connectivity index (χ1) is 5.55. The van der Waals surface area contributed by atoms with Crippen molar-refractivity contribution in [2.75, 3.05) is 7.05 Å². The summed E-state index contributed by atoms with van der Waals surface area (Å²) < 4.78 is 0. The fraction of sp³-hybridized carbons (Fsp3) is 0.875. The van der Waals surface area contributed by atoms with Crippen molar-refractivity contribution in [3.05, 3.63) is 0 Å². The van der Waals surface area contributed by atoms with Crippen LogP contribution in [0.2, 0.25) is 0 Å². The molecule has 1 saturated carbocycles. The lowest BCUT2D eigenvalue weighted by Gasteiger charge is -2.45. The Balaban J connectivity index is 2.15. The predicted molar refractivity (Wildman–Crippen MR) is 43.4 cm³/mol. The standard InChI is InChI=1S/C8H14N2O2/c1-5-3-8(4-5)6(11)10(2)7(12)9-8/h5-6,11H,3-4H2,1-2H3,(H,9,12). The van der Waals surface area contributed by atoms with E-state index in [0.717, 1.165) is 12.8 Å². The number of rotatable bonds is 0. The van der Waals surface area contributed by atoms with Crippen molar-refractivity contribution in [2.45, 2.75) is 31.5 Å². The highest BCUT2D eigenvalue weighted by molar-refractivity contribution is 5.78. The minimum absolute atomic E-state index is 0.158. The van der Waals surface area contributed by atoms with E-state index in [1.807, 2.05) is 0 Å². The number of aliphatic hydroxyl groups is 1. The van der Waals surface area contributed by atoms with E-state index in [9.17, 15) is 9.90 Å². The monoisotopic (exact) mass is 170 g/mol. The first kappa shape index (κ1) is 7.86. The van der Waals surface area contributed by atoms with Crippen molar-refractivity contribution in [3.8, 4) is 0 Å². The summed E-state index contributed by atoms with van der Waals surface area (Å²) in [5.41, 5.74) is -0.328. The second-order valence-electron chi connectivity index (χ2n) is 4.08.